The molecule has 5 nitrogen and oxygen atoms in total. The van der Waals surface area contributed by atoms with Gasteiger partial charge < -0.3 is 19.8 Å². The minimum Gasteiger partial charge on any atom is -0.497 e. The number of allylic oxidation sites excluding steroid dienone is 1. The van der Waals surface area contributed by atoms with Crippen LogP contribution in [0.4, 0.5) is 11.4 Å². The van der Waals surface area contributed by atoms with Crippen molar-refractivity contribution in [3.05, 3.63) is 89.5 Å². The molecule has 0 saturated heterocycles. The van der Waals surface area contributed by atoms with E-state index in [0.29, 0.717) is 6.42 Å². The number of ketones is 1. The second-order valence-electron chi connectivity index (χ2n) is 7.46. The fourth-order valence-corrected chi connectivity index (χ4v) is 4.27. The van der Waals surface area contributed by atoms with Crippen LogP contribution in [0, 0.1) is 0 Å². The van der Waals surface area contributed by atoms with Crippen LogP contribution >= 0.6 is 0 Å². The van der Waals surface area contributed by atoms with Gasteiger partial charge in [0.1, 0.15) is 17.6 Å². The van der Waals surface area contributed by atoms with E-state index in [9.17, 15) is 4.79 Å². The summed E-state index contributed by atoms with van der Waals surface area (Å²) in [6.45, 7) is 0. The fraction of sp³-hybridized carbons (Fsp3) is 0.208. The lowest BCUT2D eigenvalue weighted by molar-refractivity contribution is -0.116. The van der Waals surface area contributed by atoms with Crippen LogP contribution in [-0.2, 0) is 4.79 Å². The number of methoxy groups -OCH3 is 1. The number of furan rings is 1. The summed E-state index contributed by atoms with van der Waals surface area (Å²) < 4.78 is 11.0. The summed E-state index contributed by atoms with van der Waals surface area (Å²) in [6.07, 6.45) is 2.89. The minimum absolute atomic E-state index is 0.127. The van der Waals surface area contributed by atoms with Crippen LogP contribution in [0.1, 0.15) is 36.1 Å². The molecule has 1 aliphatic heterocycles. The number of fused-ring (bicyclic) bond motifs is 1. The predicted octanol–water partition coefficient (Wildman–Crippen LogP) is 5.27. The van der Waals surface area contributed by atoms with E-state index in [2.05, 4.69) is 22.8 Å². The number of nitrogens with one attached hydrogen (secondary N) is 2. The molecule has 2 atom stereocenters. The highest BCUT2D eigenvalue weighted by atomic mass is 16.5. The third kappa shape index (κ3) is 3.18. The van der Waals surface area contributed by atoms with Crippen molar-refractivity contribution < 1.29 is 13.9 Å². The van der Waals surface area contributed by atoms with E-state index in [1.165, 1.54) is 0 Å². The largest absolute Gasteiger partial charge is 0.497 e. The fourth-order valence-electron chi connectivity index (χ4n) is 4.27. The number of Topliss-reactive ketones (excluding diaryl/α,β-unsaturated/α-hetero) is 1. The third-order valence-corrected chi connectivity index (χ3v) is 5.72. The van der Waals surface area contributed by atoms with E-state index in [1.807, 2.05) is 48.5 Å². The minimum atomic E-state index is -0.305. The van der Waals surface area contributed by atoms with Crippen molar-refractivity contribution in [3.8, 4) is 5.75 Å². The number of hydrogen-bond acceptors (Lipinski definition) is 5. The third-order valence-electron chi connectivity index (χ3n) is 5.72. The predicted molar refractivity (Wildman–Crippen MR) is 112 cm³/mol. The Labute approximate surface area is 169 Å². The van der Waals surface area contributed by atoms with Crippen LogP contribution in [0.3, 0.4) is 0 Å². The van der Waals surface area contributed by atoms with Crippen molar-refractivity contribution >= 4 is 17.2 Å². The molecule has 5 heteroatoms. The number of hydrogen-bond donors (Lipinski definition) is 2. The molecule has 0 radical (unpaired) electrons. The Morgan fingerprint density at radius 3 is 2.48 bits per heavy atom. The molecule has 29 heavy (non-hydrogen) atoms. The molecule has 0 bridgehead atoms. The van der Waals surface area contributed by atoms with Gasteiger partial charge >= 0.3 is 0 Å². The Morgan fingerprint density at radius 1 is 0.966 bits per heavy atom. The average Bonchev–Trinajstić information content (AvgIpc) is 3.22. The molecule has 0 amide bonds. The molecule has 1 aliphatic carbocycles. The Hall–Kier alpha value is -3.47. The van der Waals surface area contributed by atoms with Gasteiger partial charge in [0.2, 0.25) is 0 Å². The van der Waals surface area contributed by atoms with E-state index in [-0.39, 0.29) is 17.7 Å². The maximum Gasteiger partial charge on any atom is 0.163 e. The standard InChI is InChI=1S/C24H22N2O3/c1-28-17-10-8-15(9-11-17)16-13-20-23(21(27)14-16)24(22-7-4-12-29-22)26-19-6-3-2-5-18(19)25-20/h2-12,16,24-26H,13-14H2,1H3. The first-order valence-corrected chi connectivity index (χ1v) is 9.79. The average molecular weight is 386 g/mol. The normalized spacial score (nSPS) is 20.8. The van der Waals surface area contributed by atoms with Gasteiger partial charge in [0.05, 0.1) is 24.7 Å². The molecule has 3 aromatic rings. The number of carbonyl (C=O) groups is 1. The molecule has 146 valence electrons. The first kappa shape index (κ1) is 17.6. The highest BCUT2D eigenvalue weighted by Crippen LogP contribution is 2.44. The number of carbonyl (C=O) groups excluding carboxylic acids is 1. The van der Waals surface area contributed by atoms with E-state index in [4.69, 9.17) is 9.15 Å². The van der Waals surface area contributed by atoms with E-state index >= 15 is 0 Å². The number of ether oxygens (including phenoxy) is 1. The number of anilines is 2. The molecule has 2 N–H and O–H groups in total. The molecule has 2 aliphatic rings. The SMILES string of the molecule is COc1ccc(C2CC(=O)C3=C(C2)Nc2ccccc2NC3c2ccco2)cc1. The summed E-state index contributed by atoms with van der Waals surface area (Å²) in [6, 6.07) is 19.5. The Balaban J connectivity index is 1.56. The van der Waals surface area contributed by atoms with Crippen LogP contribution in [0.15, 0.2) is 82.6 Å². The zero-order chi connectivity index (χ0) is 19.8. The quantitative estimate of drug-likeness (QED) is 0.642. The van der Waals surface area contributed by atoms with Gasteiger partial charge in [-0.1, -0.05) is 24.3 Å². The van der Waals surface area contributed by atoms with Gasteiger partial charge in [-0.05, 0) is 54.3 Å². The number of rotatable bonds is 3. The zero-order valence-corrected chi connectivity index (χ0v) is 16.1. The van der Waals surface area contributed by atoms with Crippen molar-refractivity contribution in [1.82, 2.24) is 0 Å². The number of benzene rings is 2. The molecule has 1 aromatic heterocycles. The van der Waals surface area contributed by atoms with Gasteiger partial charge in [-0.2, -0.15) is 0 Å². The molecular formula is C24H22N2O3. The van der Waals surface area contributed by atoms with Crippen LogP contribution in [-0.4, -0.2) is 12.9 Å². The van der Waals surface area contributed by atoms with Gasteiger partial charge in [-0.15, -0.1) is 0 Å². The summed E-state index contributed by atoms with van der Waals surface area (Å²) in [5.74, 6) is 1.83. The Bertz CT molecular complexity index is 1070. The molecule has 0 fully saturated rings. The van der Waals surface area contributed by atoms with Crippen LogP contribution in [0.2, 0.25) is 0 Å². The molecular weight excluding hydrogens is 364 g/mol. The molecule has 0 saturated carbocycles. The lowest BCUT2D eigenvalue weighted by atomic mass is 9.79. The molecule has 5 rings (SSSR count). The van der Waals surface area contributed by atoms with E-state index in [1.54, 1.807) is 13.4 Å². The van der Waals surface area contributed by atoms with Gasteiger partial charge in [0.25, 0.3) is 0 Å². The van der Waals surface area contributed by atoms with Crippen molar-refractivity contribution in [3.63, 3.8) is 0 Å². The lowest BCUT2D eigenvalue weighted by Crippen LogP contribution is -2.26. The van der Waals surface area contributed by atoms with E-state index in [0.717, 1.165) is 46.1 Å². The van der Waals surface area contributed by atoms with E-state index < -0.39 is 0 Å². The molecule has 2 heterocycles. The molecule has 2 aromatic carbocycles. The van der Waals surface area contributed by atoms with Crippen molar-refractivity contribution in [2.24, 2.45) is 0 Å². The van der Waals surface area contributed by atoms with Crippen molar-refractivity contribution in [1.29, 1.82) is 0 Å². The van der Waals surface area contributed by atoms with Gasteiger partial charge in [0, 0.05) is 17.7 Å². The van der Waals surface area contributed by atoms with Gasteiger partial charge in [-0.3, -0.25) is 4.79 Å². The van der Waals surface area contributed by atoms with Gasteiger partial charge in [-0.25, -0.2) is 0 Å². The summed E-state index contributed by atoms with van der Waals surface area (Å²) in [5, 5.41) is 7.05. The van der Waals surface area contributed by atoms with Crippen LogP contribution < -0.4 is 15.4 Å². The lowest BCUT2D eigenvalue weighted by Gasteiger charge is -2.29. The first-order chi connectivity index (χ1) is 14.2. The summed E-state index contributed by atoms with van der Waals surface area (Å²) in [5.41, 5.74) is 4.80. The highest BCUT2D eigenvalue weighted by Gasteiger charge is 2.37. The monoisotopic (exact) mass is 386 g/mol. The maximum absolute atomic E-state index is 13.3. The topological polar surface area (TPSA) is 63.5 Å². The van der Waals surface area contributed by atoms with Gasteiger partial charge in [0.15, 0.2) is 5.78 Å². The molecule has 0 spiro atoms. The maximum atomic E-state index is 13.3. The summed E-state index contributed by atoms with van der Waals surface area (Å²) in [4.78, 5) is 13.3. The second-order valence-corrected chi connectivity index (χ2v) is 7.46. The highest BCUT2D eigenvalue weighted by molar-refractivity contribution is 6.01. The first-order valence-electron chi connectivity index (χ1n) is 9.79. The summed E-state index contributed by atoms with van der Waals surface area (Å²) in [7, 11) is 1.66. The molecule has 2 unspecified atom stereocenters. The zero-order valence-electron chi connectivity index (χ0n) is 16.1. The Morgan fingerprint density at radius 2 is 1.76 bits per heavy atom. The second kappa shape index (κ2) is 7.17. The van der Waals surface area contributed by atoms with Crippen LogP contribution in [0.25, 0.3) is 0 Å². The summed E-state index contributed by atoms with van der Waals surface area (Å²) >= 11 is 0. The number of para-hydroxylation sites is 2. The van der Waals surface area contributed by atoms with Crippen molar-refractivity contribution in [2.75, 3.05) is 17.7 Å². The Kier molecular flexibility index (Phi) is 4.35. The smallest absolute Gasteiger partial charge is 0.163 e. The van der Waals surface area contributed by atoms with Crippen molar-refractivity contribution in [2.45, 2.75) is 24.8 Å². The van der Waals surface area contributed by atoms with Crippen LogP contribution in [0.5, 0.6) is 5.75 Å².